The molecule has 1 aromatic heterocycles. The first-order valence-corrected chi connectivity index (χ1v) is 6.93. The van der Waals surface area contributed by atoms with Gasteiger partial charge in [-0.05, 0) is 24.6 Å². The summed E-state index contributed by atoms with van der Waals surface area (Å²) in [7, 11) is 1.74. The third kappa shape index (κ3) is 2.31. The van der Waals surface area contributed by atoms with E-state index >= 15 is 0 Å². The molecule has 1 N–H and O–H groups in total. The molecule has 0 amide bonds. The summed E-state index contributed by atoms with van der Waals surface area (Å²) in [4.78, 5) is 12.5. The zero-order chi connectivity index (χ0) is 15.0. The van der Waals surface area contributed by atoms with Crippen molar-refractivity contribution >= 4 is 10.9 Å². The fourth-order valence-electron chi connectivity index (χ4n) is 2.73. The van der Waals surface area contributed by atoms with Gasteiger partial charge in [0.25, 0.3) is 5.56 Å². The highest BCUT2D eigenvalue weighted by atomic mass is 16.3. The molecular formula is C18H17NO2. The second-order valence-electron chi connectivity index (χ2n) is 5.37. The molecule has 0 saturated carbocycles. The summed E-state index contributed by atoms with van der Waals surface area (Å²) in [5, 5.41) is 11.2. The Morgan fingerprint density at radius 2 is 1.86 bits per heavy atom. The third-order valence-electron chi connectivity index (χ3n) is 3.83. The molecule has 21 heavy (non-hydrogen) atoms. The van der Waals surface area contributed by atoms with E-state index in [4.69, 9.17) is 0 Å². The first kappa shape index (κ1) is 13.4. The number of pyridine rings is 1. The van der Waals surface area contributed by atoms with Crippen LogP contribution >= 0.6 is 0 Å². The van der Waals surface area contributed by atoms with Crippen molar-refractivity contribution in [1.29, 1.82) is 0 Å². The normalized spacial score (nSPS) is 11.0. The van der Waals surface area contributed by atoms with Crippen molar-refractivity contribution in [3.63, 3.8) is 0 Å². The smallest absolute Gasteiger partial charge is 0.258 e. The van der Waals surface area contributed by atoms with Crippen LogP contribution in [-0.2, 0) is 13.5 Å². The summed E-state index contributed by atoms with van der Waals surface area (Å²) in [5.41, 5.74) is 3.21. The van der Waals surface area contributed by atoms with Crippen molar-refractivity contribution in [2.24, 2.45) is 7.05 Å². The SMILES string of the molecule is Cc1cccc(Cc2c(O)c3ccccc3n(C)c2=O)c1. The van der Waals surface area contributed by atoms with Crippen LogP contribution in [0.5, 0.6) is 5.75 Å². The summed E-state index contributed by atoms with van der Waals surface area (Å²) in [6, 6.07) is 15.4. The highest BCUT2D eigenvalue weighted by Gasteiger charge is 2.14. The average Bonchev–Trinajstić information content (AvgIpc) is 2.49. The number of aryl methyl sites for hydroxylation is 2. The molecule has 1 heterocycles. The molecule has 0 aliphatic heterocycles. The minimum atomic E-state index is -0.146. The lowest BCUT2D eigenvalue weighted by Gasteiger charge is -2.12. The summed E-state index contributed by atoms with van der Waals surface area (Å²) >= 11 is 0. The van der Waals surface area contributed by atoms with Gasteiger partial charge in [0, 0.05) is 18.9 Å². The van der Waals surface area contributed by atoms with Crippen molar-refractivity contribution in [3.05, 3.63) is 75.6 Å². The minimum absolute atomic E-state index is 0.0928. The summed E-state index contributed by atoms with van der Waals surface area (Å²) in [5.74, 6) is 0.0928. The number of aromatic nitrogens is 1. The van der Waals surface area contributed by atoms with E-state index in [0.717, 1.165) is 16.6 Å². The van der Waals surface area contributed by atoms with Crippen LogP contribution in [0.15, 0.2) is 53.3 Å². The highest BCUT2D eigenvalue weighted by molar-refractivity contribution is 5.86. The van der Waals surface area contributed by atoms with E-state index in [1.807, 2.05) is 55.5 Å². The Morgan fingerprint density at radius 1 is 1.10 bits per heavy atom. The molecule has 0 unspecified atom stereocenters. The van der Waals surface area contributed by atoms with Crippen LogP contribution in [0, 0.1) is 6.92 Å². The van der Waals surface area contributed by atoms with Gasteiger partial charge in [-0.2, -0.15) is 0 Å². The third-order valence-corrected chi connectivity index (χ3v) is 3.83. The molecule has 0 fully saturated rings. The lowest BCUT2D eigenvalue weighted by atomic mass is 10.0. The maximum atomic E-state index is 12.5. The van der Waals surface area contributed by atoms with Crippen LogP contribution in [0.4, 0.5) is 0 Å². The Labute approximate surface area is 123 Å². The van der Waals surface area contributed by atoms with Gasteiger partial charge < -0.3 is 9.67 Å². The first-order valence-electron chi connectivity index (χ1n) is 6.93. The monoisotopic (exact) mass is 279 g/mol. The minimum Gasteiger partial charge on any atom is -0.507 e. The van der Waals surface area contributed by atoms with Crippen molar-refractivity contribution in [2.45, 2.75) is 13.3 Å². The number of benzene rings is 2. The predicted molar refractivity (Wildman–Crippen MR) is 84.8 cm³/mol. The lowest BCUT2D eigenvalue weighted by molar-refractivity contribution is 0.473. The topological polar surface area (TPSA) is 42.2 Å². The Morgan fingerprint density at radius 3 is 2.62 bits per heavy atom. The molecule has 0 aliphatic carbocycles. The van der Waals surface area contributed by atoms with Crippen molar-refractivity contribution in [2.75, 3.05) is 0 Å². The van der Waals surface area contributed by atoms with Crippen LogP contribution in [0.3, 0.4) is 0 Å². The number of hydrogen-bond acceptors (Lipinski definition) is 2. The standard InChI is InChI=1S/C18H17NO2/c1-12-6-5-7-13(10-12)11-15-17(20)14-8-3-4-9-16(14)19(2)18(15)21/h3-10,20H,11H2,1-2H3. The average molecular weight is 279 g/mol. The number of para-hydroxylation sites is 1. The summed E-state index contributed by atoms with van der Waals surface area (Å²) in [6.45, 7) is 2.02. The molecule has 3 nitrogen and oxygen atoms in total. The van der Waals surface area contributed by atoms with Crippen LogP contribution in [-0.4, -0.2) is 9.67 Å². The zero-order valence-electron chi connectivity index (χ0n) is 12.1. The number of rotatable bonds is 2. The number of nitrogens with zero attached hydrogens (tertiary/aromatic N) is 1. The largest absolute Gasteiger partial charge is 0.507 e. The molecular weight excluding hydrogens is 262 g/mol. The molecule has 0 spiro atoms. The molecule has 3 rings (SSSR count). The van der Waals surface area contributed by atoms with Crippen LogP contribution in [0.1, 0.15) is 16.7 Å². The summed E-state index contributed by atoms with van der Waals surface area (Å²) in [6.07, 6.45) is 0.436. The summed E-state index contributed by atoms with van der Waals surface area (Å²) < 4.78 is 1.60. The molecule has 3 aromatic rings. The van der Waals surface area contributed by atoms with E-state index in [1.165, 1.54) is 0 Å². The molecule has 0 aliphatic rings. The molecule has 2 aromatic carbocycles. The lowest BCUT2D eigenvalue weighted by Crippen LogP contribution is -2.21. The van der Waals surface area contributed by atoms with E-state index in [1.54, 1.807) is 11.6 Å². The van der Waals surface area contributed by atoms with Crippen LogP contribution in [0.2, 0.25) is 0 Å². The first-order chi connectivity index (χ1) is 10.1. The van der Waals surface area contributed by atoms with Gasteiger partial charge in [-0.3, -0.25) is 4.79 Å². The molecule has 0 bridgehead atoms. The maximum Gasteiger partial charge on any atom is 0.258 e. The van der Waals surface area contributed by atoms with Gasteiger partial charge in [0.1, 0.15) is 5.75 Å². The van der Waals surface area contributed by atoms with Gasteiger partial charge in [-0.15, -0.1) is 0 Å². The Bertz CT molecular complexity index is 878. The van der Waals surface area contributed by atoms with Gasteiger partial charge >= 0.3 is 0 Å². The highest BCUT2D eigenvalue weighted by Crippen LogP contribution is 2.27. The van der Waals surface area contributed by atoms with Gasteiger partial charge in [-0.1, -0.05) is 42.0 Å². The fraction of sp³-hybridized carbons (Fsp3) is 0.167. The second kappa shape index (κ2) is 5.09. The number of fused-ring (bicyclic) bond motifs is 1. The maximum absolute atomic E-state index is 12.5. The number of aromatic hydroxyl groups is 1. The Kier molecular flexibility index (Phi) is 3.26. The molecule has 3 heteroatoms. The van der Waals surface area contributed by atoms with Gasteiger partial charge in [0.05, 0.1) is 11.1 Å². The van der Waals surface area contributed by atoms with Crippen LogP contribution < -0.4 is 5.56 Å². The molecule has 106 valence electrons. The molecule has 0 atom stereocenters. The van der Waals surface area contributed by atoms with E-state index < -0.39 is 0 Å². The van der Waals surface area contributed by atoms with Crippen LogP contribution in [0.25, 0.3) is 10.9 Å². The van der Waals surface area contributed by atoms with E-state index in [0.29, 0.717) is 17.4 Å². The second-order valence-corrected chi connectivity index (χ2v) is 5.37. The van der Waals surface area contributed by atoms with Gasteiger partial charge in [-0.25, -0.2) is 0 Å². The van der Waals surface area contributed by atoms with Crippen molar-refractivity contribution < 1.29 is 5.11 Å². The van der Waals surface area contributed by atoms with E-state index in [2.05, 4.69) is 0 Å². The van der Waals surface area contributed by atoms with E-state index in [-0.39, 0.29) is 11.3 Å². The van der Waals surface area contributed by atoms with Crippen molar-refractivity contribution in [3.8, 4) is 5.75 Å². The van der Waals surface area contributed by atoms with Gasteiger partial charge in [0.2, 0.25) is 0 Å². The zero-order valence-corrected chi connectivity index (χ0v) is 12.1. The van der Waals surface area contributed by atoms with E-state index in [9.17, 15) is 9.90 Å². The quantitative estimate of drug-likeness (QED) is 0.783. The molecule has 0 radical (unpaired) electrons. The van der Waals surface area contributed by atoms with Gasteiger partial charge in [0.15, 0.2) is 0 Å². The fourth-order valence-corrected chi connectivity index (χ4v) is 2.73. The predicted octanol–water partition coefficient (Wildman–Crippen LogP) is 3.14. The number of hydrogen-bond donors (Lipinski definition) is 1. The molecule has 0 saturated heterocycles. The van der Waals surface area contributed by atoms with Crippen molar-refractivity contribution in [1.82, 2.24) is 4.57 Å². The Balaban J connectivity index is 2.21. The Hall–Kier alpha value is -2.55.